The van der Waals surface area contributed by atoms with Crippen LogP contribution >= 0.6 is 0 Å². The maximum Gasteiger partial charge on any atom is 0.407 e. The molecule has 0 aliphatic carbocycles. The molecule has 0 fully saturated rings. The van der Waals surface area contributed by atoms with Crippen LogP contribution in [0.15, 0.2) is 54.6 Å². The Morgan fingerprint density at radius 3 is 2.33 bits per heavy atom. The quantitative estimate of drug-likeness (QED) is 0.261. The van der Waals surface area contributed by atoms with Gasteiger partial charge in [0.15, 0.2) is 0 Å². The van der Waals surface area contributed by atoms with Crippen molar-refractivity contribution in [3.05, 3.63) is 60.2 Å². The molecule has 2 aromatic carbocycles. The molecule has 0 aliphatic heterocycles. The summed E-state index contributed by atoms with van der Waals surface area (Å²) in [7, 11) is 0. The molecule has 0 saturated heterocycles. The van der Waals surface area contributed by atoms with Gasteiger partial charge in [-0.1, -0.05) is 36.9 Å². The summed E-state index contributed by atoms with van der Waals surface area (Å²) < 4.78 is 20.1. The van der Waals surface area contributed by atoms with Crippen LogP contribution in [-0.4, -0.2) is 57.6 Å². The molecule has 0 heterocycles. The van der Waals surface area contributed by atoms with Gasteiger partial charge in [-0.2, -0.15) is 0 Å². The number of alkyl carbamates (subject to hydrolysis) is 1. The second-order valence-corrected chi connectivity index (χ2v) is 6.29. The summed E-state index contributed by atoms with van der Waals surface area (Å²) >= 11 is 0. The van der Waals surface area contributed by atoms with E-state index in [4.69, 9.17) is 18.9 Å². The fourth-order valence-corrected chi connectivity index (χ4v) is 2.36. The summed E-state index contributed by atoms with van der Waals surface area (Å²) in [5.41, 5.74) is 0.756. The summed E-state index contributed by atoms with van der Waals surface area (Å²) in [6.45, 7) is 5.68. The maximum atomic E-state index is 12.1. The van der Waals surface area contributed by atoms with Crippen molar-refractivity contribution < 1.29 is 33.3 Å². The van der Waals surface area contributed by atoms with Gasteiger partial charge in [0.2, 0.25) is 0 Å². The van der Waals surface area contributed by atoms with Crippen molar-refractivity contribution in [2.75, 3.05) is 39.6 Å². The number of hydrogen-bond acceptors (Lipinski definition) is 7. The van der Waals surface area contributed by atoms with E-state index < -0.39 is 18.0 Å². The predicted octanol–water partition coefficient (Wildman–Crippen LogP) is 2.86. The van der Waals surface area contributed by atoms with Crippen molar-refractivity contribution in [1.82, 2.24) is 5.32 Å². The zero-order valence-electron chi connectivity index (χ0n) is 16.8. The second-order valence-electron chi connectivity index (χ2n) is 6.29. The highest BCUT2D eigenvalue weighted by Crippen LogP contribution is 2.16. The number of carbonyl (C=O) groups excluding carboxylic acids is 3. The number of benzene rings is 2. The number of rotatable bonds is 11. The molecule has 2 aromatic rings. The Hall–Kier alpha value is -3.39. The number of nitrogens with one attached hydrogen (secondary N) is 1. The molecule has 2 rings (SSSR count). The molecule has 0 aliphatic rings. The number of carbonyl (C=O) groups is 3. The van der Waals surface area contributed by atoms with Gasteiger partial charge in [-0.3, -0.25) is 0 Å². The van der Waals surface area contributed by atoms with Crippen LogP contribution in [-0.2, 0) is 23.7 Å². The van der Waals surface area contributed by atoms with Crippen molar-refractivity contribution in [1.29, 1.82) is 0 Å². The first kappa shape index (κ1) is 22.9. The molecule has 8 heteroatoms. The van der Waals surface area contributed by atoms with E-state index in [2.05, 4.69) is 11.9 Å². The van der Waals surface area contributed by atoms with Crippen molar-refractivity contribution in [2.45, 2.75) is 6.92 Å². The van der Waals surface area contributed by atoms with Gasteiger partial charge in [-0.15, -0.1) is 0 Å². The lowest BCUT2D eigenvalue weighted by molar-refractivity contribution is -0.140. The topological polar surface area (TPSA) is 100 Å². The van der Waals surface area contributed by atoms with Gasteiger partial charge in [0.05, 0.1) is 18.8 Å². The fourth-order valence-electron chi connectivity index (χ4n) is 2.36. The zero-order valence-corrected chi connectivity index (χ0v) is 16.8. The van der Waals surface area contributed by atoms with Gasteiger partial charge in [-0.05, 0) is 29.8 Å². The average molecular weight is 415 g/mol. The van der Waals surface area contributed by atoms with Gasteiger partial charge >= 0.3 is 18.0 Å². The highest BCUT2D eigenvalue weighted by molar-refractivity contribution is 5.95. The molecule has 160 valence electrons. The monoisotopic (exact) mass is 415 g/mol. The lowest BCUT2D eigenvalue weighted by Crippen LogP contribution is -2.29. The molecule has 1 N–H and O–H groups in total. The Labute approximate surface area is 174 Å². The van der Waals surface area contributed by atoms with Crippen LogP contribution < -0.4 is 5.32 Å². The van der Waals surface area contributed by atoms with Crippen molar-refractivity contribution in [3.63, 3.8) is 0 Å². The van der Waals surface area contributed by atoms with E-state index in [1.165, 1.54) is 0 Å². The highest BCUT2D eigenvalue weighted by atomic mass is 16.6. The summed E-state index contributed by atoms with van der Waals surface area (Å²) in [5, 5.41) is 4.47. The van der Waals surface area contributed by atoms with Gasteiger partial charge in [0.1, 0.15) is 19.8 Å². The third-order valence-corrected chi connectivity index (χ3v) is 3.86. The first-order valence-electron chi connectivity index (χ1n) is 9.44. The number of esters is 2. The van der Waals surface area contributed by atoms with Gasteiger partial charge in [-0.25, -0.2) is 14.4 Å². The van der Waals surface area contributed by atoms with Crippen LogP contribution in [0, 0.1) is 0 Å². The molecule has 0 bridgehead atoms. The van der Waals surface area contributed by atoms with E-state index in [1.807, 2.05) is 30.3 Å². The third kappa shape index (κ3) is 7.92. The SMILES string of the molecule is C=C(C)C(=O)OCCOCCNC(=O)OCCOC(=O)c1ccc2ccccc2c1. The van der Waals surface area contributed by atoms with Crippen LogP contribution in [0.3, 0.4) is 0 Å². The molecule has 0 unspecified atom stereocenters. The van der Waals surface area contributed by atoms with Crippen molar-refractivity contribution in [3.8, 4) is 0 Å². The maximum absolute atomic E-state index is 12.1. The minimum absolute atomic E-state index is 0.0519. The molecular formula is C22H25NO7. The number of ether oxygens (including phenoxy) is 4. The normalized spacial score (nSPS) is 10.3. The summed E-state index contributed by atoms with van der Waals surface area (Å²) in [6, 6.07) is 13.0. The van der Waals surface area contributed by atoms with Gasteiger partial charge in [0, 0.05) is 12.1 Å². The molecule has 0 radical (unpaired) electrons. The zero-order chi connectivity index (χ0) is 21.8. The van der Waals surface area contributed by atoms with E-state index in [9.17, 15) is 14.4 Å². The van der Waals surface area contributed by atoms with Crippen LogP contribution in [0.4, 0.5) is 4.79 Å². The molecular weight excluding hydrogens is 390 g/mol. The van der Waals surface area contributed by atoms with Crippen LogP contribution in [0.2, 0.25) is 0 Å². The summed E-state index contributed by atoms with van der Waals surface area (Å²) in [6.07, 6.45) is -0.644. The number of amides is 1. The first-order chi connectivity index (χ1) is 14.5. The Kier molecular flexibility index (Phi) is 9.33. The van der Waals surface area contributed by atoms with Crippen molar-refractivity contribution >= 4 is 28.8 Å². The molecule has 0 spiro atoms. The molecule has 0 aromatic heterocycles. The molecule has 8 nitrogen and oxygen atoms in total. The van der Waals surface area contributed by atoms with E-state index >= 15 is 0 Å². The minimum Gasteiger partial charge on any atom is -0.460 e. The lowest BCUT2D eigenvalue weighted by atomic mass is 10.1. The molecule has 0 atom stereocenters. The van der Waals surface area contributed by atoms with Gasteiger partial charge < -0.3 is 24.3 Å². The van der Waals surface area contributed by atoms with Gasteiger partial charge in [0.25, 0.3) is 0 Å². The predicted molar refractivity (Wildman–Crippen MR) is 110 cm³/mol. The smallest absolute Gasteiger partial charge is 0.407 e. The Balaban J connectivity index is 1.52. The molecule has 30 heavy (non-hydrogen) atoms. The van der Waals surface area contributed by atoms with E-state index in [1.54, 1.807) is 19.1 Å². The Morgan fingerprint density at radius 2 is 1.57 bits per heavy atom. The van der Waals surface area contributed by atoms with Crippen LogP contribution in [0.1, 0.15) is 17.3 Å². The van der Waals surface area contributed by atoms with E-state index in [0.717, 1.165) is 10.8 Å². The standard InChI is InChI=1S/C22H25NO7/c1-16(2)20(24)28-12-11-27-10-9-23-22(26)30-14-13-29-21(25)19-8-7-17-5-3-4-6-18(17)15-19/h3-8,15H,1,9-14H2,2H3,(H,23,26). The lowest BCUT2D eigenvalue weighted by Gasteiger charge is -2.09. The summed E-state index contributed by atoms with van der Waals surface area (Å²) in [5.74, 6) is -0.952. The molecule has 1 amide bonds. The van der Waals surface area contributed by atoms with E-state index in [-0.39, 0.29) is 39.6 Å². The summed E-state index contributed by atoms with van der Waals surface area (Å²) in [4.78, 5) is 34.8. The van der Waals surface area contributed by atoms with Crippen LogP contribution in [0.25, 0.3) is 10.8 Å². The number of hydrogen-bond donors (Lipinski definition) is 1. The number of fused-ring (bicyclic) bond motifs is 1. The highest BCUT2D eigenvalue weighted by Gasteiger charge is 2.09. The average Bonchev–Trinajstić information content (AvgIpc) is 2.75. The second kappa shape index (κ2) is 12.2. The fraction of sp³-hybridized carbons (Fsp3) is 0.318. The Bertz CT molecular complexity index is 894. The first-order valence-corrected chi connectivity index (χ1v) is 9.44. The largest absolute Gasteiger partial charge is 0.460 e. The molecule has 0 saturated carbocycles. The Morgan fingerprint density at radius 1 is 0.867 bits per heavy atom. The van der Waals surface area contributed by atoms with Crippen molar-refractivity contribution in [2.24, 2.45) is 0 Å². The minimum atomic E-state index is -0.644. The third-order valence-electron chi connectivity index (χ3n) is 3.86. The van der Waals surface area contributed by atoms with Crippen LogP contribution in [0.5, 0.6) is 0 Å². The van der Waals surface area contributed by atoms with E-state index in [0.29, 0.717) is 11.1 Å².